The van der Waals surface area contributed by atoms with E-state index >= 15 is 0 Å². The molecule has 356 valence electrons. The van der Waals surface area contributed by atoms with Gasteiger partial charge in [0, 0.05) is 0 Å². The molecule has 0 amide bonds. The molecule has 20 atom stereocenters. The van der Waals surface area contributed by atoms with Crippen LogP contribution in [0.1, 0.15) is 25.7 Å². The molecule has 0 spiro atoms. The number of carboxylic acids is 2. The first-order valence-electron chi connectivity index (χ1n) is 17.2. The fourth-order valence-electron chi connectivity index (χ4n) is 5.46. The van der Waals surface area contributed by atoms with Crippen molar-refractivity contribution in [3.63, 3.8) is 0 Å². The Labute approximate surface area is 349 Å². The Morgan fingerprint density at radius 3 is 1.07 bits per heavy atom. The first-order valence-corrected chi connectivity index (χ1v) is 17.2. The smallest absolute Gasteiger partial charge is 0.676 e. The Hall–Kier alpha value is -1.33. The van der Waals surface area contributed by atoms with Crippen molar-refractivity contribution in [3.05, 3.63) is 11.5 Å². The van der Waals surface area contributed by atoms with E-state index in [1.165, 1.54) is 12.8 Å². The summed E-state index contributed by atoms with van der Waals surface area (Å²) in [5, 5.41) is 169. The van der Waals surface area contributed by atoms with Crippen LogP contribution in [0.15, 0.2) is 0 Å². The number of carbonyl (C=O) groups is 2. The number of hydrogen-bond acceptors (Lipinski definition) is 22. The number of carboxylic acid groups (broad SMARTS) is 2. The third kappa shape index (κ3) is 17.8. The van der Waals surface area contributed by atoms with Crippen molar-refractivity contribution >= 4 is 11.9 Å². The van der Waals surface area contributed by atoms with Crippen LogP contribution < -0.4 is 0 Å². The van der Waals surface area contributed by atoms with E-state index in [1.807, 2.05) is 0 Å². The van der Waals surface area contributed by atoms with Crippen molar-refractivity contribution < 1.29 is 152 Å². The Morgan fingerprint density at radius 2 is 0.847 bits per heavy atom. The summed E-state index contributed by atoms with van der Waals surface area (Å²) in [6.45, 7) is -3.52. The molecule has 2 heterocycles. The third-order valence-corrected chi connectivity index (χ3v) is 9.00. The second-order valence-corrected chi connectivity index (χ2v) is 13.1. The predicted molar refractivity (Wildman–Crippen MR) is 185 cm³/mol. The number of aliphatic hydroxyl groups is 16. The molecule has 3 aliphatic rings. The fraction of sp³-hybridized carbons (Fsp3) is 0.933. The third-order valence-electron chi connectivity index (χ3n) is 9.00. The molecule has 24 N–H and O–H groups in total. The molecule has 0 aromatic carbocycles. The Bertz CT molecular complexity index is 1050. The van der Waals surface area contributed by atoms with Gasteiger partial charge in [0.15, 0.2) is 24.8 Å². The number of aliphatic carboxylic acids is 2. The standard InChI is InChI=1S/2C12H22O12.C6H12N2.2H2O.Pt/c2*13-1-3(15)10(7(18)8(19)11(21)22)24-12-9(20)6(17)5(16)4(2-14)23-12;7-5-3-1-2-4-6(5)8;;;/h2*3-10,12-20H,1-2H2,(H,21,22);5-8H,1-4H2;2*1H2;/q;;-2;;;+2. The van der Waals surface area contributed by atoms with E-state index in [1.54, 1.807) is 0 Å². The van der Waals surface area contributed by atoms with Gasteiger partial charge >= 0.3 is 33.0 Å². The van der Waals surface area contributed by atoms with Gasteiger partial charge in [0.25, 0.3) is 0 Å². The molecule has 1 aliphatic carbocycles. The van der Waals surface area contributed by atoms with Gasteiger partial charge in [-0.15, -0.1) is 0 Å². The van der Waals surface area contributed by atoms with Gasteiger partial charge in [-0.1, -0.05) is 25.7 Å². The zero-order valence-corrected chi connectivity index (χ0v) is 33.3. The summed E-state index contributed by atoms with van der Waals surface area (Å²) in [5.74, 6) is -3.68. The number of rotatable bonds is 16. The zero-order valence-electron chi connectivity index (χ0n) is 31.0. The van der Waals surface area contributed by atoms with Crippen molar-refractivity contribution in [2.75, 3.05) is 26.4 Å². The number of nitrogens with one attached hydrogen (secondary N) is 2. The Morgan fingerprint density at radius 1 is 0.559 bits per heavy atom. The number of aliphatic hydroxyl groups excluding tert-OH is 16. The predicted octanol–water partition coefficient (Wildman–Crippen LogP) is -10.6. The largest absolute Gasteiger partial charge is 2.00 e. The van der Waals surface area contributed by atoms with Crippen LogP contribution in [0, 0.1) is 0 Å². The van der Waals surface area contributed by atoms with E-state index in [-0.39, 0.29) is 44.1 Å². The average Bonchev–Trinajstić information content (AvgIpc) is 3.18. The molecule has 20 unspecified atom stereocenters. The maximum absolute atomic E-state index is 10.7. The first-order chi connectivity index (χ1) is 26.1. The molecule has 28 nitrogen and oxygen atoms in total. The van der Waals surface area contributed by atoms with Gasteiger partial charge in [-0.2, -0.15) is 12.1 Å². The molecule has 2 aliphatic heterocycles. The molecule has 2 saturated heterocycles. The van der Waals surface area contributed by atoms with Gasteiger partial charge in [0.2, 0.25) is 0 Å². The molecular weight excluding hydrogens is 999 g/mol. The summed E-state index contributed by atoms with van der Waals surface area (Å²) in [7, 11) is 0. The molecule has 0 aromatic heterocycles. The minimum Gasteiger partial charge on any atom is -0.676 e. The van der Waals surface area contributed by atoms with E-state index in [4.69, 9.17) is 61.1 Å². The van der Waals surface area contributed by atoms with Crippen LogP contribution in [0.2, 0.25) is 0 Å². The molecule has 0 radical (unpaired) electrons. The average molecular weight is 1060 g/mol. The summed E-state index contributed by atoms with van der Waals surface area (Å²) in [6, 6.07) is -0.160. The maximum Gasteiger partial charge on any atom is 2.00 e. The van der Waals surface area contributed by atoms with Crippen LogP contribution in [0.25, 0.3) is 11.5 Å². The zero-order chi connectivity index (χ0) is 43.2. The monoisotopic (exact) mass is 1060 g/mol. The summed E-state index contributed by atoms with van der Waals surface area (Å²) in [4.78, 5) is 21.4. The molecule has 3 rings (SSSR count). The molecule has 59 heavy (non-hydrogen) atoms. The van der Waals surface area contributed by atoms with E-state index < -0.39 is 149 Å². The molecule has 1 saturated carbocycles. The minimum absolute atomic E-state index is 0. The molecule has 3 fully saturated rings. The number of hydrogen-bond donors (Lipinski definition) is 18. The van der Waals surface area contributed by atoms with Crippen molar-refractivity contribution in [1.29, 1.82) is 0 Å². The van der Waals surface area contributed by atoms with Crippen molar-refractivity contribution in [2.45, 2.75) is 148 Å². The van der Waals surface area contributed by atoms with Gasteiger partial charge < -0.3 is 133 Å². The molecule has 0 bridgehead atoms. The van der Waals surface area contributed by atoms with E-state index in [9.17, 15) is 70.9 Å². The SMILES string of the molecule is O.O.O=C(O)C(O)C(O)C(OC1OC(CO)C(O)C(O)C1O)C(O)CO.O=C(O)C(O)C(O)C(OC1OC(CO)C(O)C(O)C1O)C(O)CO.[NH-]C1CCCCC1[NH-].[Pt+2]. The Kier molecular flexibility index (Phi) is 31.4. The topological polar surface area (TPSA) is 546 Å². The van der Waals surface area contributed by atoms with Crippen LogP contribution in [0.5, 0.6) is 0 Å². The minimum atomic E-state index is -2.39. The van der Waals surface area contributed by atoms with Gasteiger partial charge in [-0.25, -0.2) is 9.59 Å². The summed E-state index contributed by atoms with van der Waals surface area (Å²) in [6.07, 6.45) is -29.6. The first kappa shape index (κ1) is 62.0. The van der Waals surface area contributed by atoms with Crippen LogP contribution in [0.3, 0.4) is 0 Å². The quantitative estimate of drug-likeness (QED) is 0.0682. The van der Waals surface area contributed by atoms with Crippen LogP contribution in [0.4, 0.5) is 0 Å². The molecule has 29 heteroatoms. The summed E-state index contributed by atoms with van der Waals surface area (Å²) < 4.78 is 20.0. The van der Waals surface area contributed by atoms with E-state index in [2.05, 4.69) is 0 Å². The molecule has 0 aromatic rings. The normalized spacial score (nSPS) is 34.6. The van der Waals surface area contributed by atoms with Crippen LogP contribution >= 0.6 is 0 Å². The second-order valence-electron chi connectivity index (χ2n) is 13.1. The van der Waals surface area contributed by atoms with Gasteiger partial charge in [-0.3, -0.25) is 0 Å². The van der Waals surface area contributed by atoms with Crippen LogP contribution in [-0.4, -0.2) is 264 Å². The van der Waals surface area contributed by atoms with Gasteiger partial charge in [0.1, 0.15) is 85.5 Å². The Balaban J connectivity index is -0.000000856. The second kappa shape index (κ2) is 29.9. The van der Waals surface area contributed by atoms with Crippen molar-refractivity contribution in [3.8, 4) is 0 Å². The van der Waals surface area contributed by atoms with Crippen LogP contribution in [-0.2, 0) is 49.6 Å². The fourth-order valence-corrected chi connectivity index (χ4v) is 5.46. The van der Waals surface area contributed by atoms with E-state index in [0.717, 1.165) is 12.8 Å². The maximum atomic E-state index is 10.7. The summed E-state index contributed by atoms with van der Waals surface area (Å²) in [5.41, 5.74) is 14.6. The van der Waals surface area contributed by atoms with Gasteiger partial charge in [0.05, 0.1) is 26.4 Å². The van der Waals surface area contributed by atoms with Crippen molar-refractivity contribution in [1.82, 2.24) is 0 Å². The molecular formula is C30H60N2O26Pt. The van der Waals surface area contributed by atoms with Gasteiger partial charge in [-0.05, 0) is 0 Å². The summed E-state index contributed by atoms with van der Waals surface area (Å²) >= 11 is 0. The van der Waals surface area contributed by atoms with E-state index in [0.29, 0.717) is 0 Å². The van der Waals surface area contributed by atoms with Crippen molar-refractivity contribution in [2.24, 2.45) is 0 Å². The number of ether oxygens (including phenoxy) is 4.